The number of alkyl halides is 2. The van der Waals surface area contributed by atoms with Crippen molar-refractivity contribution in [2.24, 2.45) is 5.92 Å². The minimum Gasteiger partial charge on any atom is -0.393 e. The van der Waals surface area contributed by atoms with E-state index in [0.29, 0.717) is 30.3 Å². The van der Waals surface area contributed by atoms with E-state index in [1.165, 1.54) is 4.68 Å². The fourth-order valence-electron chi connectivity index (χ4n) is 4.47. The molecule has 1 aromatic carbocycles. The Balaban J connectivity index is 1.41. The molecule has 2 aromatic heterocycles. The van der Waals surface area contributed by atoms with Crippen LogP contribution in [0.25, 0.3) is 11.4 Å². The molecule has 176 valence electrons. The standard InChI is InChI=1S/C21H25F2N7O3/c22-21(23)10-15(11-21)30-19(26-28-29-30)17(24-8-7-16(31)12-3-1-4-12)13-5-2-6-14(9-13)18-25-20(32)33-27-18/h2,5-6,9,12,15-17,24,31H,1,3-4,7-8,10-11H2,(H,25,27,32). The molecule has 2 fully saturated rings. The zero-order valence-corrected chi connectivity index (χ0v) is 17.8. The number of aromatic amines is 1. The lowest BCUT2D eigenvalue weighted by atomic mass is 9.80. The van der Waals surface area contributed by atoms with E-state index in [1.54, 1.807) is 12.1 Å². The third-order valence-electron chi connectivity index (χ3n) is 6.61. The first-order chi connectivity index (χ1) is 15.9. The Hall–Kier alpha value is -2.99. The molecule has 2 atom stereocenters. The monoisotopic (exact) mass is 461 g/mol. The first-order valence-electron chi connectivity index (χ1n) is 11.1. The lowest BCUT2D eigenvalue weighted by molar-refractivity contribution is -0.108. The molecule has 0 bridgehead atoms. The maximum absolute atomic E-state index is 13.5. The minimum absolute atomic E-state index is 0.277. The summed E-state index contributed by atoms with van der Waals surface area (Å²) < 4.78 is 33.1. The second-order valence-corrected chi connectivity index (χ2v) is 8.90. The van der Waals surface area contributed by atoms with Crippen molar-refractivity contribution in [1.29, 1.82) is 0 Å². The molecule has 12 heteroatoms. The van der Waals surface area contributed by atoms with Gasteiger partial charge in [0.1, 0.15) is 0 Å². The third kappa shape index (κ3) is 4.58. The van der Waals surface area contributed by atoms with Crippen LogP contribution in [0.2, 0.25) is 0 Å². The molecular formula is C21H25F2N7O3. The molecule has 5 rings (SSSR count). The molecule has 0 amide bonds. The number of rotatable bonds is 9. The van der Waals surface area contributed by atoms with Gasteiger partial charge < -0.3 is 10.4 Å². The van der Waals surface area contributed by atoms with Crippen LogP contribution < -0.4 is 11.1 Å². The molecule has 2 unspecified atom stereocenters. The number of nitrogens with one attached hydrogen (secondary N) is 2. The van der Waals surface area contributed by atoms with E-state index in [-0.39, 0.29) is 24.8 Å². The van der Waals surface area contributed by atoms with Crippen LogP contribution in [-0.4, -0.2) is 54.0 Å². The van der Waals surface area contributed by atoms with E-state index in [1.807, 2.05) is 12.1 Å². The summed E-state index contributed by atoms with van der Waals surface area (Å²) in [5, 5.41) is 29.4. The van der Waals surface area contributed by atoms with Gasteiger partial charge in [0, 0.05) is 18.4 Å². The molecule has 0 spiro atoms. The van der Waals surface area contributed by atoms with Crippen LogP contribution in [0.15, 0.2) is 33.6 Å². The molecule has 2 heterocycles. The average Bonchev–Trinajstić information content (AvgIpc) is 3.37. The number of halogens is 2. The number of hydrogen-bond acceptors (Lipinski definition) is 8. The molecule has 2 saturated carbocycles. The van der Waals surface area contributed by atoms with Crippen LogP contribution >= 0.6 is 0 Å². The summed E-state index contributed by atoms with van der Waals surface area (Å²) in [7, 11) is 0. The number of aliphatic hydroxyl groups excluding tert-OH is 1. The summed E-state index contributed by atoms with van der Waals surface area (Å²) in [6, 6.07) is 6.23. The Morgan fingerprint density at radius 2 is 2.15 bits per heavy atom. The molecule has 0 aliphatic heterocycles. The Kier molecular flexibility index (Phi) is 5.79. The van der Waals surface area contributed by atoms with Crippen molar-refractivity contribution in [3.05, 3.63) is 46.2 Å². The zero-order valence-electron chi connectivity index (χ0n) is 17.8. The topological polar surface area (TPSA) is 135 Å². The maximum atomic E-state index is 13.5. The van der Waals surface area contributed by atoms with E-state index >= 15 is 0 Å². The van der Waals surface area contributed by atoms with Crippen molar-refractivity contribution in [2.75, 3.05) is 6.54 Å². The molecule has 2 aliphatic rings. The maximum Gasteiger partial charge on any atom is 0.439 e. The van der Waals surface area contributed by atoms with Gasteiger partial charge in [0.15, 0.2) is 11.6 Å². The Morgan fingerprint density at radius 3 is 2.82 bits per heavy atom. The van der Waals surface area contributed by atoms with Crippen molar-refractivity contribution in [3.8, 4) is 11.4 Å². The number of H-pyrrole nitrogens is 1. The number of nitrogens with zero attached hydrogens (tertiary/aromatic N) is 5. The highest BCUT2D eigenvalue weighted by Gasteiger charge is 2.48. The summed E-state index contributed by atoms with van der Waals surface area (Å²) in [4.78, 5) is 13.9. The number of hydrogen-bond donors (Lipinski definition) is 3. The van der Waals surface area contributed by atoms with Crippen LogP contribution in [0.5, 0.6) is 0 Å². The van der Waals surface area contributed by atoms with Gasteiger partial charge in [-0.25, -0.2) is 18.3 Å². The Labute approximate surface area is 187 Å². The average molecular weight is 461 g/mol. The van der Waals surface area contributed by atoms with Gasteiger partial charge in [0.25, 0.3) is 5.92 Å². The molecule has 10 nitrogen and oxygen atoms in total. The van der Waals surface area contributed by atoms with Crippen LogP contribution in [0.4, 0.5) is 8.78 Å². The van der Waals surface area contributed by atoms with Gasteiger partial charge in [-0.15, -0.1) is 5.10 Å². The first kappa shape index (κ1) is 21.8. The first-order valence-corrected chi connectivity index (χ1v) is 11.1. The highest BCUT2D eigenvalue weighted by atomic mass is 19.3. The zero-order chi connectivity index (χ0) is 23.0. The van der Waals surface area contributed by atoms with Gasteiger partial charge in [0.2, 0.25) is 0 Å². The van der Waals surface area contributed by atoms with Crippen LogP contribution in [0.3, 0.4) is 0 Å². The lowest BCUT2D eigenvalue weighted by Gasteiger charge is -2.35. The SMILES string of the molecule is O=c1[nH]c(-c2cccc(C(NCCC(O)C3CCC3)c3nnnn3C3CC(F)(F)C3)c2)no1. The summed E-state index contributed by atoms with van der Waals surface area (Å²) >= 11 is 0. The molecular weight excluding hydrogens is 436 g/mol. The van der Waals surface area contributed by atoms with Crippen molar-refractivity contribution in [3.63, 3.8) is 0 Å². The Bertz CT molecular complexity index is 1150. The van der Waals surface area contributed by atoms with E-state index in [0.717, 1.165) is 24.8 Å². The largest absolute Gasteiger partial charge is 0.439 e. The number of aromatic nitrogens is 6. The van der Waals surface area contributed by atoms with E-state index < -0.39 is 23.8 Å². The summed E-state index contributed by atoms with van der Waals surface area (Å²) in [5.74, 6) is -2.34. The fraction of sp³-hybridized carbons (Fsp3) is 0.571. The van der Waals surface area contributed by atoms with Crippen molar-refractivity contribution >= 4 is 0 Å². The summed E-state index contributed by atoms with van der Waals surface area (Å²) in [6.07, 6.45) is 2.78. The molecule has 2 aliphatic carbocycles. The van der Waals surface area contributed by atoms with Crippen LogP contribution in [-0.2, 0) is 0 Å². The number of benzene rings is 1. The number of aliphatic hydroxyl groups is 1. The van der Waals surface area contributed by atoms with E-state index in [2.05, 4.69) is 35.5 Å². The van der Waals surface area contributed by atoms with Crippen molar-refractivity contribution in [1.82, 2.24) is 35.7 Å². The van der Waals surface area contributed by atoms with Gasteiger partial charge in [-0.1, -0.05) is 29.8 Å². The lowest BCUT2D eigenvalue weighted by Crippen LogP contribution is -2.39. The Morgan fingerprint density at radius 1 is 1.33 bits per heavy atom. The second kappa shape index (κ2) is 8.75. The highest BCUT2D eigenvalue weighted by molar-refractivity contribution is 5.55. The number of tetrazole rings is 1. The summed E-state index contributed by atoms with van der Waals surface area (Å²) in [6.45, 7) is 0.487. The van der Waals surface area contributed by atoms with Crippen LogP contribution in [0.1, 0.15) is 62.0 Å². The van der Waals surface area contributed by atoms with Gasteiger partial charge in [0.05, 0.1) is 18.2 Å². The minimum atomic E-state index is -2.71. The predicted molar refractivity (Wildman–Crippen MR) is 111 cm³/mol. The third-order valence-corrected chi connectivity index (χ3v) is 6.61. The quantitative estimate of drug-likeness (QED) is 0.442. The molecule has 3 aromatic rings. The normalized spacial score (nSPS) is 20.2. The van der Waals surface area contributed by atoms with E-state index in [9.17, 15) is 18.7 Å². The van der Waals surface area contributed by atoms with Gasteiger partial charge >= 0.3 is 5.76 Å². The molecule has 3 N–H and O–H groups in total. The van der Waals surface area contributed by atoms with Gasteiger partial charge in [-0.05, 0) is 53.8 Å². The van der Waals surface area contributed by atoms with Crippen LogP contribution in [0, 0.1) is 5.92 Å². The fourth-order valence-corrected chi connectivity index (χ4v) is 4.47. The molecule has 33 heavy (non-hydrogen) atoms. The molecule has 0 radical (unpaired) electrons. The highest BCUT2D eigenvalue weighted by Crippen LogP contribution is 2.46. The van der Waals surface area contributed by atoms with Crippen molar-refractivity contribution < 1.29 is 18.4 Å². The predicted octanol–water partition coefficient (Wildman–Crippen LogP) is 2.22. The summed E-state index contributed by atoms with van der Waals surface area (Å²) in [5.41, 5.74) is 1.38. The van der Waals surface area contributed by atoms with Crippen molar-refractivity contribution in [2.45, 2.75) is 62.6 Å². The molecule has 0 saturated heterocycles. The van der Waals surface area contributed by atoms with Gasteiger partial charge in [-0.2, -0.15) is 0 Å². The van der Waals surface area contributed by atoms with Gasteiger partial charge in [-0.3, -0.25) is 9.51 Å². The smallest absolute Gasteiger partial charge is 0.393 e. The second-order valence-electron chi connectivity index (χ2n) is 8.90. The van der Waals surface area contributed by atoms with E-state index in [4.69, 9.17) is 0 Å².